The predicted molar refractivity (Wildman–Crippen MR) is 64.0 cm³/mol. The summed E-state index contributed by atoms with van der Waals surface area (Å²) in [5.41, 5.74) is -0.186. The summed E-state index contributed by atoms with van der Waals surface area (Å²) in [7, 11) is 0. The molecule has 2 atom stereocenters. The molecule has 0 radical (unpaired) electrons. The zero-order chi connectivity index (χ0) is 11.6. The molecule has 88 valence electrons. The molecule has 0 aromatic carbocycles. The molecule has 0 aliphatic carbocycles. The van der Waals surface area contributed by atoms with E-state index in [0.717, 1.165) is 6.42 Å². The van der Waals surface area contributed by atoms with Crippen molar-refractivity contribution in [2.45, 2.75) is 44.5 Å². The average Bonchev–Trinajstić information content (AvgIpc) is 2.19. The van der Waals surface area contributed by atoms with Crippen molar-refractivity contribution in [3.05, 3.63) is 0 Å². The molecule has 3 nitrogen and oxygen atoms in total. The van der Waals surface area contributed by atoms with E-state index in [1.165, 1.54) is 0 Å². The van der Waals surface area contributed by atoms with Crippen LogP contribution in [-0.4, -0.2) is 39.9 Å². The number of alkyl halides is 1. The number of hydrogen-bond donors (Lipinski definition) is 1. The lowest BCUT2D eigenvalue weighted by atomic mass is 9.81. The Morgan fingerprint density at radius 2 is 2.27 bits per heavy atom. The number of carbonyl (C=O) groups excluding carboxylic acids is 1. The number of piperidine rings is 1. The zero-order valence-electron chi connectivity index (χ0n) is 9.66. The second-order valence-electron chi connectivity index (χ2n) is 4.93. The Kier molecular flexibility index (Phi) is 4.18. The summed E-state index contributed by atoms with van der Waals surface area (Å²) in [5.74, 6) is 0.150. The standard InChI is InChI=1S/C11H20BrNO2/c1-4-8(12)10(15)13-6-5-9(14)11(2,3)7-13/h8-9,14H,4-7H2,1-3H3. The SMILES string of the molecule is CCC(Br)C(=O)N1CCC(O)C(C)(C)C1. The molecule has 1 aliphatic rings. The van der Waals surface area contributed by atoms with Gasteiger partial charge in [-0.15, -0.1) is 0 Å². The van der Waals surface area contributed by atoms with Gasteiger partial charge >= 0.3 is 0 Å². The van der Waals surface area contributed by atoms with E-state index in [2.05, 4.69) is 15.9 Å². The molecule has 15 heavy (non-hydrogen) atoms. The first-order valence-corrected chi connectivity index (χ1v) is 6.41. The summed E-state index contributed by atoms with van der Waals surface area (Å²) in [6, 6.07) is 0. The number of hydrogen-bond acceptors (Lipinski definition) is 2. The number of amides is 1. The first kappa shape index (κ1) is 13.0. The van der Waals surface area contributed by atoms with Crippen LogP contribution in [0, 0.1) is 5.41 Å². The van der Waals surface area contributed by atoms with Gasteiger partial charge in [0.1, 0.15) is 0 Å². The largest absolute Gasteiger partial charge is 0.392 e. The van der Waals surface area contributed by atoms with Crippen molar-refractivity contribution >= 4 is 21.8 Å². The fourth-order valence-corrected chi connectivity index (χ4v) is 2.20. The minimum atomic E-state index is -0.294. The third-order valence-corrected chi connectivity index (χ3v) is 4.15. The Balaban J connectivity index is 2.63. The van der Waals surface area contributed by atoms with E-state index in [9.17, 15) is 9.90 Å². The molecule has 0 spiro atoms. The lowest BCUT2D eigenvalue weighted by molar-refractivity contribution is -0.137. The smallest absolute Gasteiger partial charge is 0.236 e. The van der Waals surface area contributed by atoms with Crippen LogP contribution >= 0.6 is 15.9 Å². The van der Waals surface area contributed by atoms with E-state index >= 15 is 0 Å². The second kappa shape index (κ2) is 4.83. The summed E-state index contributed by atoms with van der Waals surface area (Å²) < 4.78 is 0. The lowest BCUT2D eigenvalue weighted by Gasteiger charge is -2.42. The van der Waals surface area contributed by atoms with Gasteiger partial charge in [0.05, 0.1) is 10.9 Å². The number of halogens is 1. The van der Waals surface area contributed by atoms with Crippen LogP contribution in [-0.2, 0) is 4.79 Å². The first-order valence-electron chi connectivity index (χ1n) is 5.49. The number of aliphatic hydroxyl groups excluding tert-OH is 1. The van der Waals surface area contributed by atoms with Crippen LogP contribution in [0.3, 0.4) is 0 Å². The summed E-state index contributed by atoms with van der Waals surface area (Å²) >= 11 is 3.38. The van der Waals surface area contributed by atoms with Crippen molar-refractivity contribution in [2.24, 2.45) is 5.41 Å². The molecule has 1 heterocycles. The van der Waals surface area contributed by atoms with E-state index in [0.29, 0.717) is 19.5 Å². The summed E-state index contributed by atoms with van der Waals surface area (Å²) in [6.07, 6.45) is 1.19. The molecule has 4 heteroatoms. The Hall–Kier alpha value is -0.0900. The fraction of sp³-hybridized carbons (Fsp3) is 0.909. The highest BCUT2D eigenvalue weighted by molar-refractivity contribution is 9.10. The van der Waals surface area contributed by atoms with Gasteiger partial charge in [-0.1, -0.05) is 36.7 Å². The summed E-state index contributed by atoms with van der Waals surface area (Å²) in [6.45, 7) is 7.32. The molecule has 1 saturated heterocycles. The molecule has 0 saturated carbocycles. The van der Waals surface area contributed by atoms with Gasteiger partial charge in [-0.25, -0.2) is 0 Å². The lowest BCUT2D eigenvalue weighted by Crippen LogP contribution is -2.52. The number of likely N-dealkylation sites (tertiary alicyclic amines) is 1. The Labute approximate surface area is 100.0 Å². The van der Waals surface area contributed by atoms with Crippen molar-refractivity contribution in [1.29, 1.82) is 0 Å². The topological polar surface area (TPSA) is 40.5 Å². The highest BCUT2D eigenvalue weighted by Crippen LogP contribution is 2.30. The minimum absolute atomic E-state index is 0.0801. The molecule has 1 N–H and O–H groups in total. The van der Waals surface area contributed by atoms with E-state index < -0.39 is 0 Å². The van der Waals surface area contributed by atoms with Crippen molar-refractivity contribution in [3.63, 3.8) is 0 Å². The van der Waals surface area contributed by atoms with Crippen LogP contribution in [0.1, 0.15) is 33.6 Å². The van der Waals surface area contributed by atoms with Crippen LogP contribution in [0.2, 0.25) is 0 Å². The van der Waals surface area contributed by atoms with Crippen LogP contribution in [0.25, 0.3) is 0 Å². The van der Waals surface area contributed by atoms with Crippen molar-refractivity contribution in [1.82, 2.24) is 4.90 Å². The molecule has 2 unspecified atom stereocenters. The number of rotatable bonds is 2. The minimum Gasteiger partial charge on any atom is -0.392 e. The highest BCUT2D eigenvalue weighted by Gasteiger charge is 2.37. The molecule has 0 bridgehead atoms. The predicted octanol–water partition coefficient (Wildman–Crippen LogP) is 1.78. The van der Waals surface area contributed by atoms with E-state index in [1.807, 2.05) is 25.7 Å². The molecular weight excluding hydrogens is 258 g/mol. The molecule has 1 aliphatic heterocycles. The Morgan fingerprint density at radius 1 is 1.67 bits per heavy atom. The van der Waals surface area contributed by atoms with Gasteiger partial charge in [-0.2, -0.15) is 0 Å². The van der Waals surface area contributed by atoms with Crippen LogP contribution in [0.15, 0.2) is 0 Å². The van der Waals surface area contributed by atoms with Crippen molar-refractivity contribution < 1.29 is 9.90 Å². The average molecular weight is 278 g/mol. The highest BCUT2D eigenvalue weighted by atomic mass is 79.9. The van der Waals surface area contributed by atoms with Gasteiger partial charge < -0.3 is 10.0 Å². The second-order valence-corrected chi connectivity index (χ2v) is 6.03. The molecular formula is C11H20BrNO2. The molecule has 1 rings (SSSR count). The van der Waals surface area contributed by atoms with Crippen LogP contribution in [0.4, 0.5) is 0 Å². The van der Waals surface area contributed by atoms with E-state index in [1.54, 1.807) is 0 Å². The van der Waals surface area contributed by atoms with Gasteiger partial charge in [-0.05, 0) is 12.8 Å². The van der Waals surface area contributed by atoms with Gasteiger partial charge in [0.25, 0.3) is 0 Å². The van der Waals surface area contributed by atoms with Crippen molar-refractivity contribution in [3.8, 4) is 0 Å². The monoisotopic (exact) mass is 277 g/mol. The molecule has 1 fully saturated rings. The van der Waals surface area contributed by atoms with Gasteiger partial charge in [0, 0.05) is 18.5 Å². The third-order valence-electron chi connectivity index (χ3n) is 3.11. The van der Waals surface area contributed by atoms with Crippen molar-refractivity contribution in [2.75, 3.05) is 13.1 Å². The summed E-state index contributed by atoms with van der Waals surface area (Å²) in [5, 5.41) is 9.78. The van der Waals surface area contributed by atoms with Crippen LogP contribution in [0.5, 0.6) is 0 Å². The fourth-order valence-electron chi connectivity index (χ4n) is 1.91. The number of nitrogens with zero attached hydrogens (tertiary/aromatic N) is 1. The maximum absolute atomic E-state index is 11.9. The van der Waals surface area contributed by atoms with Crippen LogP contribution < -0.4 is 0 Å². The zero-order valence-corrected chi connectivity index (χ0v) is 11.2. The van der Waals surface area contributed by atoms with Gasteiger partial charge in [-0.3, -0.25) is 4.79 Å². The number of aliphatic hydroxyl groups is 1. The molecule has 0 aromatic rings. The normalized spacial score (nSPS) is 27.5. The first-order chi connectivity index (χ1) is 6.88. The quantitative estimate of drug-likeness (QED) is 0.782. The molecule has 1 amide bonds. The van der Waals surface area contributed by atoms with Gasteiger partial charge in [0.2, 0.25) is 5.91 Å². The maximum Gasteiger partial charge on any atom is 0.236 e. The Morgan fingerprint density at radius 3 is 2.73 bits per heavy atom. The summed E-state index contributed by atoms with van der Waals surface area (Å²) in [4.78, 5) is 13.7. The Bertz CT molecular complexity index is 243. The van der Waals surface area contributed by atoms with Gasteiger partial charge in [0.15, 0.2) is 0 Å². The maximum atomic E-state index is 11.9. The van der Waals surface area contributed by atoms with E-state index in [4.69, 9.17) is 0 Å². The number of carbonyl (C=O) groups is 1. The van der Waals surface area contributed by atoms with E-state index in [-0.39, 0.29) is 22.3 Å². The molecule has 0 aromatic heterocycles. The third kappa shape index (κ3) is 2.94.